The topological polar surface area (TPSA) is 98.8 Å². The highest BCUT2D eigenvalue weighted by atomic mass is 32.2. The second-order valence-corrected chi connectivity index (χ2v) is 11.3. The van der Waals surface area contributed by atoms with E-state index in [1.165, 1.54) is 25.3 Å². The summed E-state index contributed by atoms with van der Waals surface area (Å²) in [5.74, 6) is -0.749. The van der Waals surface area contributed by atoms with E-state index in [0.717, 1.165) is 6.42 Å². The molecule has 1 saturated carbocycles. The first kappa shape index (κ1) is 30.9. The lowest BCUT2D eigenvalue weighted by Crippen LogP contribution is -2.52. The number of carbonyl (C=O) groups excluding carboxylic acids is 2. The van der Waals surface area contributed by atoms with Gasteiger partial charge in [0.1, 0.15) is 5.60 Å². The zero-order valence-corrected chi connectivity index (χ0v) is 22.3. The fourth-order valence-corrected chi connectivity index (χ4v) is 6.08. The van der Waals surface area contributed by atoms with Gasteiger partial charge >= 0.3 is 12.1 Å². The molecule has 0 bridgehead atoms. The Bertz CT molecular complexity index is 812. The number of methoxy groups -OCH3 is 1. The first-order chi connectivity index (χ1) is 15.3. The zero-order valence-electron chi connectivity index (χ0n) is 21.5. The molecule has 0 saturated heterocycles. The van der Waals surface area contributed by atoms with Crippen LogP contribution >= 0.6 is 0 Å². The Balaban J connectivity index is 0.00000497. The van der Waals surface area contributed by atoms with Gasteiger partial charge in [0, 0.05) is 6.54 Å². The molecule has 1 aliphatic carbocycles. The maximum Gasteiger partial charge on any atom is 0.407 e. The van der Waals surface area contributed by atoms with Crippen molar-refractivity contribution in [3.05, 3.63) is 36.3 Å². The van der Waals surface area contributed by atoms with Crippen LogP contribution in [0.25, 0.3) is 0 Å². The monoisotopic (exact) mass is 485 g/mol. The highest BCUT2D eigenvalue weighted by Gasteiger charge is 2.56. The van der Waals surface area contributed by atoms with E-state index in [1.807, 2.05) is 20.8 Å². The Labute approximate surface area is 200 Å². The van der Waals surface area contributed by atoms with E-state index in [4.69, 9.17) is 9.47 Å². The van der Waals surface area contributed by atoms with Crippen LogP contribution in [0.1, 0.15) is 80.1 Å². The second-order valence-electron chi connectivity index (χ2n) is 9.03. The Kier molecular flexibility index (Phi) is 12.1. The summed E-state index contributed by atoms with van der Waals surface area (Å²) in [5, 5.41) is 2.77. The van der Waals surface area contributed by atoms with Crippen molar-refractivity contribution in [2.75, 3.05) is 13.7 Å². The van der Waals surface area contributed by atoms with Gasteiger partial charge in [-0.15, -0.1) is 0 Å². The van der Waals surface area contributed by atoms with Gasteiger partial charge in [-0.05, 0) is 64.4 Å². The number of ether oxygens (including phenoxy) is 2. The number of rotatable bonds is 9. The molecule has 0 aromatic heterocycles. The molecule has 1 rings (SSSR count). The molecule has 0 radical (unpaired) electrons. The van der Waals surface area contributed by atoms with E-state index in [9.17, 15) is 18.0 Å². The number of amides is 1. The van der Waals surface area contributed by atoms with Crippen molar-refractivity contribution >= 4 is 21.9 Å². The van der Waals surface area contributed by atoms with Crippen molar-refractivity contribution in [1.82, 2.24) is 5.32 Å². The lowest BCUT2D eigenvalue weighted by molar-refractivity contribution is -0.145. The minimum atomic E-state index is -4.01. The Morgan fingerprint density at radius 2 is 1.64 bits per heavy atom. The van der Waals surface area contributed by atoms with E-state index >= 15 is 0 Å². The van der Waals surface area contributed by atoms with Gasteiger partial charge in [-0.2, -0.15) is 0 Å². The fraction of sp³-hybridized carbons (Fsp3) is 0.680. The molecule has 0 atom stereocenters. The maximum atomic E-state index is 13.4. The summed E-state index contributed by atoms with van der Waals surface area (Å²) in [4.78, 5) is 24.6. The Morgan fingerprint density at radius 3 is 2.03 bits per heavy atom. The van der Waals surface area contributed by atoms with Gasteiger partial charge in [-0.25, -0.2) is 13.2 Å². The maximum absolute atomic E-state index is 13.4. The molecule has 33 heavy (non-hydrogen) atoms. The van der Waals surface area contributed by atoms with E-state index in [1.54, 1.807) is 20.8 Å². The molecule has 0 aromatic rings. The highest BCUT2D eigenvalue weighted by molar-refractivity contribution is 7.97. The number of esters is 1. The number of alkyl carbamates (subject to hydrolysis) is 1. The summed E-state index contributed by atoms with van der Waals surface area (Å²) >= 11 is 0. The van der Waals surface area contributed by atoms with Crippen LogP contribution in [-0.4, -0.2) is 44.5 Å². The number of carbonyl (C=O) groups is 2. The number of sulfone groups is 1. The molecule has 1 N–H and O–H groups in total. The molecular weight excluding hydrogens is 442 g/mol. The molecule has 1 aliphatic rings. The van der Waals surface area contributed by atoms with Crippen molar-refractivity contribution < 1.29 is 27.5 Å². The summed E-state index contributed by atoms with van der Waals surface area (Å²) in [6, 6.07) is 0. The van der Waals surface area contributed by atoms with Crippen molar-refractivity contribution in [1.29, 1.82) is 0 Å². The normalized spacial score (nSPS) is 23.4. The van der Waals surface area contributed by atoms with Crippen LogP contribution in [0.15, 0.2) is 36.3 Å². The van der Waals surface area contributed by atoms with E-state index in [-0.39, 0.29) is 23.2 Å². The average Bonchev–Trinajstić information content (AvgIpc) is 2.77. The average molecular weight is 486 g/mol. The summed E-state index contributed by atoms with van der Waals surface area (Å²) in [6.45, 7) is 19.0. The van der Waals surface area contributed by atoms with Gasteiger partial charge in [0.25, 0.3) is 0 Å². The minimum Gasteiger partial charge on any atom is -0.468 e. The third-order valence-electron chi connectivity index (χ3n) is 6.06. The van der Waals surface area contributed by atoms with Crippen molar-refractivity contribution in [3.8, 4) is 0 Å². The Hall–Kier alpha value is -2.09. The Morgan fingerprint density at radius 1 is 1.09 bits per heavy atom. The van der Waals surface area contributed by atoms with Gasteiger partial charge in [0.2, 0.25) is 0 Å². The third kappa shape index (κ3) is 7.73. The van der Waals surface area contributed by atoms with Gasteiger partial charge in [-0.3, -0.25) is 4.79 Å². The molecule has 8 heteroatoms. The molecule has 7 nitrogen and oxygen atoms in total. The number of allylic oxidation sites excluding steroid dienone is 3. The first-order valence-electron chi connectivity index (χ1n) is 11.6. The molecule has 0 aliphatic heterocycles. The summed E-state index contributed by atoms with van der Waals surface area (Å²) in [7, 11) is -2.81. The summed E-state index contributed by atoms with van der Waals surface area (Å²) in [5.41, 5.74) is -0.758. The van der Waals surface area contributed by atoms with E-state index < -0.39 is 32.2 Å². The molecule has 0 unspecified atom stereocenters. The van der Waals surface area contributed by atoms with Crippen molar-refractivity contribution in [2.24, 2.45) is 5.41 Å². The van der Waals surface area contributed by atoms with Gasteiger partial charge in [0.05, 0.1) is 12.0 Å². The lowest BCUT2D eigenvalue weighted by Gasteiger charge is -2.44. The molecule has 0 aromatic carbocycles. The molecule has 190 valence electrons. The van der Waals surface area contributed by atoms with Crippen LogP contribution in [0.2, 0.25) is 0 Å². The van der Waals surface area contributed by atoms with Gasteiger partial charge in [0.15, 0.2) is 14.6 Å². The van der Waals surface area contributed by atoms with Crippen LogP contribution in [0.5, 0.6) is 0 Å². The van der Waals surface area contributed by atoms with Crippen LogP contribution in [-0.2, 0) is 24.1 Å². The molecule has 0 spiro atoms. The first-order valence-corrected chi connectivity index (χ1v) is 13.1. The lowest BCUT2D eigenvalue weighted by atomic mass is 9.66. The molecule has 1 amide bonds. The number of nitrogens with one attached hydrogen (secondary N) is 1. The predicted molar refractivity (Wildman–Crippen MR) is 134 cm³/mol. The van der Waals surface area contributed by atoms with Crippen LogP contribution in [0.4, 0.5) is 4.79 Å². The van der Waals surface area contributed by atoms with Crippen molar-refractivity contribution in [2.45, 2.75) is 90.4 Å². The van der Waals surface area contributed by atoms with Crippen LogP contribution in [0.3, 0.4) is 0 Å². The van der Waals surface area contributed by atoms with Gasteiger partial charge < -0.3 is 14.8 Å². The van der Waals surface area contributed by atoms with E-state index in [2.05, 4.69) is 18.5 Å². The second kappa shape index (κ2) is 13.0. The molecule has 0 heterocycles. The molecular formula is C25H43NO6S. The third-order valence-corrected chi connectivity index (χ3v) is 8.58. The summed E-state index contributed by atoms with van der Waals surface area (Å²) < 4.78 is 35.4. The fourth-order valence-electron chi connectivity index (χ4n) is 4.09. The minimum absolute atomic E-state index is 0.0384. The summed E-state index contributed by atoms with van der Waals surface area (Å²) in [6.07, 6.45) is 6.25. The largest absolute Gasteiger partial charge is 0.468 e. The predicted octanol–water partition coefficient (Wildman–Crippen LogP) is 5.48. The molecule has 1 fully saturated rings. The van der Waals surface area contributed by atoms with E-state index in [0.29, 0.717) is 25.8 Å². The van der Waals surface area contributed by atoms with Crippen LogP contribution in [0, 0.1) is 5.41 Å². The SMILES string of the molecule is C=C/C=C(\C=C)S(=O)(=O)C1(C(=O)OC)CCC(CC)(CCNC(=O)OC(C)(C)C)CC1.CC. The quantitative estimate of drug-likeness (QED) is 0.343. The van der Waals surface area contributed by atoms with Gasteiger partial charge in [-0.1, -0.05) is 52.5 Å². The van der Waals surface area contributed by atoms with Crippen LogP contribution < -0.4 is 5.32 Å². The number of hydrogen-bond donors (Lipinski definition) is 1. The smallest absolute Gasteiger partial charge is 0.407 e. The number of hydrogen-bond acceptors (Lipinski definition) is 6. The van der Waals surface area contributed by atoms with Crippen molar-refractivity contribution in [3.63, 3.8) is 0 Å². The zero-order chi connectivity index (χ0) is 25.9. The standard InChI is InChI=1S/C23H37NO6S.C2H6/c1-8-11-18(9-2)31(27,28)23(19(25)29-7)14-12-22(10-3,13-15-23)16-17-24-20(26)30-21(4,5)6;1-2/h8-9,11H,1-2,10,12-17H2,3-7H3,(H,24,26);1-2H3/b18-11+;. The highest BCUT2D eigenvalue weighted by Crippen LogP contribution is 2.50.